The van der Waals surface area contributed by atoms with E-state index in [2.05, 4.69) is 18.9 Å². The van der Waals surface area contributed by atoms with Crippen LogP contribution >= 0.6 is 0 Å². The normalized spacial score (nSPS) is 11.4. The maximum atomic E-state index is 13.9. The van der Waals surface area contributed by atoms with Gasteiger partial charge in [0.25, 0.3) is 11.2 Å². The molecule has 0 N–H and O–H groups in total. The van der Waals surface area contributed by atoms with Crippen molar-refractivity contribution in [3.63, 3.8) is 0 Å². The summed E-state index contributed by atoms with van der Waals surface area (Å²) in [6, 6.07) is 23.3. The third-order valence-electron chi connectivity index (χ3n) is 7.30. The lowest BCUT2D eigenvalue weighted by atomic mass is 9.96. The molecular formula is C35H34N4O5. The molecule has 4 aromatic carbocycles. The van der Waals surface area contributed by atoms with Gasteiger partial charge >= 0.3 is 0 Å². The number of fused-ring (bicyclic) bond motifs is 1. The fraction of sp³-hybridized carbons (Fsp3) is 0.229. The van der Waals surface area contributed by atoms with Gasteiger partial charge in [-0.2, -0.15) is 9.78 Å². The molecule has 224 valence electrons. The molecule has 0 aliphatic rings. The van der Waals surface area contributed by atoms with Gasteiger partial charge in [-0.3, -0.25) is 14.9 Å². The summed E-state index contributed by atoms with van der Waals surface area (Å²) in [5.74, 6) is 1.68. The van der Waals surface area contributed by atoms with Crippen LogP contribution in [-0.4, -0.2) is 27.4 Å². The molecule has 0 aliphatic carbocycles. The van der Waals surface area contributed by atoms with Crippen molar-refractivity contribution in [2.24, 2.45) is 5.10 Å². The van der Waals surface area contributed by atoms with Crippen molar-refractivity contribution < 1.29 is 14.4 Å². The standard InChI is InChI=1S/C35H34N4O5/c1-6-43-33-17-24(5)30(19-29(33)22(2)3)34-37-31-10-8-7-9-28(31)35(40)38(34)36-20-26-18-27(39(41)42)15-16-32(26)44-21-25-13-11-23(4)12-14-25/h7-20,22H,6,21H2,1-5H3. The maximum Gasteiger partial charge on any atom is 0.282 e. The molecule has 1 heterocycles. The molecule has 0 unspecified atom stereocenters. The van der Waals surface area contributed by atoms with E-state index >= 15 is 0 Å². The second-order valence-electron chi connectivity index (χ2n) is 10.9. The van der Waals surface area contributed by atoms with Crippen LogP contribution in [0.1, 0.15) is 54.5 Å². The Morgan fingerprint density at radius 3 is 2.43 bits per heavy atom. The minimum absolute atomic E-state index is 0.123. The summed E-state index contributed by atoms with van der Waals surface area (Å²) in [5, 5.41) is 16.6. The van der Waals surface area contributed by atoms with Gasteiger partial charge in [0.05, 0.1) is 28.6 Å². The highest BCUT2D eigenvalue weighted by Crippen LogP contribution is 2.34. The van der Waals surface area contributed by atoms with Gasteiger partial charge in [0.1, 0.15) is 18.1 Å². The lowest BCUT2D eigenvalue weighted by Crippen LogP contribution is -2.21. The highest BCUT2D eigenvalue weighted by Gasteiger charge is 2.19. The van der Waals surface area contributed by atoms with Crippen LogP contribution in [0.5, 0.6) is 11.5 Å². The van der Waals surface area contributed by atoms with Gasteiger partial charge in [-0.05, 0) is 73.7 Å². The number of ether oxygens (including phenoxy) is 2. The van der Waals surface area contributed by atoms with E-state index in [1.165, 1.54) is 23.0 Å². The number of para-hydroxylation sites is 1. The van der Waals surface area contributed by atoms with Crippen molar-refractivity contribution in [2.75, 3.05) is 6.61 Å². The monoisotopic (exact) mass is 590 g/mol. The van der Waals surface area contributed by atoms with Crippen LogP contribution in [0.15, 0.2) is 88.8 Å². The Morgan fingerprint density at radius 1 is 0.977 bits per heavy atom. The Labute approximate surface area is 255 Å². The van der Waals surface area contributed by atoms with Crippen molar-refractivity contribution >= 4 is 22.8 Å². The number of nitrogens with zero attached hydrogens (tertiary/aromatic N) is 4. The molecule has 0 fully saturated rings. The van der Waals surface area contributed by atoms with E-state index in [1.54, 1.807) is 24.3 Å². The van der Waals surface area contributed by atoms with Crippen LogP contribution in [0.4, 0.5) is 5.69 Å². The Morgan fingerprint density at radius 2 is 1.73 bits per heavy atom. The van der Waals surface area contributed by atoms with E-state index in [0.717, 1.165) is 33.6 Å². The summed E-state index contributed by atoms with van der Waals surface area (Å²) >= 11 is 0. The van der Waals surface area contributed by atoms with Gasteiger partial charge in [0.15, 0.2) is 5.82 Å². The Hall–Kier alpha value is -5.31. The Bertz CT molecular complexity index is 1930. The van der Waals surface area contributed by atoms with Gasteiger partial charge in [-0.1, -0.05) is 55.8 Å². The predicted molar refractivity (Wildman–Crippen MR) is 173 cm³/mol. The van der Waals surface area contributed by atoms with Gasteiger partial charge in [-0.25, -0.2) is 4.98 Å². The van der Waals surface area contributed by atoms with Crippen molar-refractivity contribution in [2.45, 2.75) is 47.1 Å². The van der Waals surface area contributed by atoms with E-state index in [-0.39, 0.29) is 23.8 Å². The molecule has 1 aromatic heterocycles. The Balaban J connectivity index is 1.66. The SMILES string of the molecule is CCOc1cc(C)c(-c2nc3ccccc3c(=O)n2N=Cc2cc([N+](=O)[O-])ccc2OCc2ccc(C)cc2)cc1C(C)C. The van der Waals surface area contributed by atoms with Crippen LogP contribution in [0.25, 0.3) is 22.3 Å². The minimum Gasteiger partial charge on any atom is -0.494 e. The van der Waals surface area contributed by atoms with Crippen molar-refractivity contribution in [1.82, 2.24) is 9.66 Å². The molecule has 44 heavy (non-hydrogen) atoms. The molecule has 0 bridgehead atoms. The first-order valence-electron chi connectivity index (χ1n) is 14.5. The van der Waals surface area contributed by atoms with Crippen LogP contribution < -0.4 is 15.0 Å². The van der Waals surface area contributed by atoms with Crippen molar-refractivity contribution in [3.8, 4) is 22.9 Å². The third-order valence-corrected chi connectivity index (χ3v) is 7.30. The largest absolute Gasteiger partial charge is 0.494 e. The molecule has 0 saturated carbocycles. The molecule has 0 aliphatic heterocycles. The number of nitro benzene ring substituents is 1. The quantitative estimate of drug-likeness (QED) is 0.0943. The molecule has 0 amide bonds. The topological polar surface area (TPSA) is 109 Å². The van der Waals surface area contributed by atoms with Gasteiger partial charge in [-0.15, -0.1) is 0 Å². The highest BCUT2D eigenvalue weighted by molar-refractivity contribution is 5.85. The molecule has 5 aromatic rings. The number of benzene rings is 4. The molecule has 0 radical (unpaired) electrons. The van der Waals surface area contributed by atoms with Crippen LogP contribution in [-0.2, 0) is 6.61 Å². The zero-order chi connectivity index (χ0) is 31.4. The minimum atomic E-state index is -0.479. The number of hydrogen-bond acceptors (Lipinski definition) is 7. The summed E-state index contributed by atoms with van der Waals surface area (Å²) in [6.07, 6.45) is 1.41. The van der Waals surface area contributed by atoms with E-state index in [9.17, 15) is 14.9 Å². The second-order valence-corrected chi connectivity index (χ2v) is 10.9. The first kappa shape index (κ1) is 30.2. The zero-order valence-corrected chi connectivity index (χ0v) is 25.4. The number of aromatic nitrogens is 2. The summed E-state index contributed by atoms with van der Waals surface area (Å²) in [4.78, 5) is 29.9. The van der Waals surface area contributed by atoms with Gasteiger partial charge in [0, 0.05) is 23.3 Å². The third kappa shape index (κ3) is 6.36. The van der Waals surface area contributed by atoms with E-state index < -0.39 is 4.92 Å². The highest BCUT2D eigenvalue weighted by atomic mass is 16.6. The molecule has 5 rings (SSSR count). The van der Waals surface area contributed by atoms with Crippen molar-refractivity contribution in [3.05, 3.63) is 127 Å². The summed E-state index contributed by atoms with van der Waals surface area (Å²) < 4.78 is 13.2. The molecule has 0 saturated heterocycles. The van der Waals surface area contributed by atoms with Crippen LogP contribution in [0.2, 0.25) is 0 Å². The lowest BCUT2D eigenvalue weighted by molar-refractivity contribution is -0.384. The number of nitro groups is 1. The zero-order valence-electron chi connectivity index (χ0n) is 25.4. The summed E-state index contributed by atoms with van der Waals surface area (Å²) in [7, 11) is 0. The smallest absolute Gasteiger partial charge is 0.282 e. The molecule has 9 heteroatoms. The second kappa shape index (κ2) is 12.9. The van der Waals surface area contributed by atoms with Crippen molar-refractivity contribution in [1.29, 1.82) is 0 Å². The maximum absolute atomic E-state index is 13.9. The molecular weight excluding hydrogens is 556 g/mol. The van der Waals surface area contributed by atoms with Crippen LogP contribution in [0.3, 0.4) is 0 Å². The number of non-ortho nitro benzene ring substituents is 1. The van der Waals surface area contributed by atoms with Crippen LogP contribution in [0, 0.1) is 24.0 Å². The van der Waals surface area contributed by atoms with Gasteiger partial charge in [0.2, 0.25) is 0 Å². The van der Waals surface area contributed by atoms with E-state index in [1.807, 2.05) is 63.2 Å². The fourth-order valence-corrected chi connectivity index (χ4v) is 4.92. The van der Waals surface area contributed by atoms with Gasteiger partial charge < -0.3 is 9.47 Å². The predicted octanol–water partition coefficient (Wildman–Crippen LogP) is 7.57. The average Bonchev–Trinajstić information content (AvgIpc) is 3.00. The first-order chi connectivity index (χ1) is 21.2. The van der Waals surface area contributed by atoms with E-state index in [4.69, 9.17) is 14.5 Å². The number of rotatable bonds is 10. The Kier molecular flexibility index (Phi) is 8.85. The number of hydrogen-bond donors (Lipinski definition) is 0. The lowest BCUT2D eigenvalue weighted by Gasteiger charge is -2.18. The average molecular weight is 591 g/mol. The van der Waals surface area contributed by atoms with E-state index in [0.29, 0.717) is 34.6 Å². The number of aryl methyl sites for hydroxylation is 2. The summed E-state index contributed by atoms with van der Waals surface area (Å²) in [5.41, 5.74) is 5.05. The molecule has 0 atom stereocenters. The first-order valence-corrected chi connectivity index (χ1v) is 14.5. The summed E-state index contributed by atoms with van der Waals surface area (Å²) in [6.45, 7) is 10.8. The molecule has 0 spiro atoms. The fourth-order valence-electron chi connectivity index (χ4n) is 4.92. The molecule has 9 nitrogen and oxygen atoms in total.